The highest BCUT2D eigenvalue weighted by Crippen LogP contribution is 2.49. The number of phosphoric acid groups is 1. The van der Waals surface area contributed by atoms with Crippen LogP contribution in [0, 0.1) is 0 Å². The van der Waals surface area contributed by atoms with Gasteiger partial charge in [0.2, 0.25) is 0 Å². The summed E-state index contributed by atoms with van der Waals surface area (Å²) in [5.41, 5.74) is 3.49. The van der Waals surface area contributed by atoms with E-state index in [-0.39, 0.29) is 19.8 Å². The number of para-hydroxylation sites is 1. The Kier molecular flexibility index (Phi) is 13.0. The Morgan fingerprint density at radius 1 is 1.06 bits per heavy atom. The molecule has 0 bridgehead atoms. The van der Waals surface area contributed by atoms with Crippen LogP contribution in [-0.4, -0.2) is 75.2 Å². The molecule has 0 amide bonds. The summed E-state index contributed by atoms with van der Waals surface area (Å²) < 4.78 is 28.2. The Hall–Kier alpha value is -2.22. The van der Waals surface area contributed by atoms with Crippen molar-refractivity contribution in [1.82, 2.24) is 9.80 Å². The zero-order valence-corrected chi connectivity index (χ0v) is 22.3. The number of nitrogens with zero attached hydrogens (tertiary/aromatic N) is 2. The standard InChI is InChI=1S/C26H40N3O5P/c1-5-8-9-12-15-27-26-14-11-10-13-24(26)25(22-30)23(4)29-18-16-28(17-19-29)20-21-34-35(31,32-6-2)33-7-3/h5,8-14,22,27H,6-7,15-21H2,1-4H3/b8-5-,12-9-,25-23+. The zero-order valence-electron chi connectivity index (χ0n) is 21.4. The number of nitrogens with one attached hydrogen (secondary N) is 1. The number of rotatable bonds is 15. The number of anilines is 1. The molecule has 1 fully saturated rings. The van der Waals surface area contributed by atoms with Crippen molar-refractivity contribution in [3.63, 3.8) is 0 Å². The van der Waals surface area contributed by atoms with Gasteiger partial charge in [-0.25, -0.2) is 4.57 Å². The summed E-state index contributed by atoms with van der Waals surface area (Å²) in [4.78, 5) is 16.6. The Bertz CT molecular complexity index is 913. The third kappa shape index (κ3) is 9.39. The number of hydrogen-bond acceptors (Lipinski definition) is 8. The number of allylic oxidation sites excluding steroid dienone is 5. The molecule has 2 rings (SSSR count). The molecule has 194 valence electrons. The molecule has 0 spiro atoms. The van der Waals surface area contributed by atoms with Crippen LogP contribution in [0.15, 0.2) is 54.3 Å². The van der Waals surface area contributed by atoms with Crippen LogP contribution in [0.4, 0.5) is 5.69 Å². The van der Waals surface area contributed by atoms with E-state index < -0.39 is 7.82 Å². The lowest BCUT2D eigenvalue weighted by atomic mass is 10.0. The first-order chi connectivity index (χ1) is 17.0. The predicted molar refractivity (Wildman–Crippen MR) is 142 cm³/mol. The van der Waals surface area contributed by atoms with Gasteiger partial charge in [-0.2, -0.15) is 0 Å². The minimum absolute atomic E-state index is 0.270. The molecule has 1 aromatic rings. The van der Waals surface area contributed by atoms with Crippen LogP contribution < -0.4 is 5.32 Å². The molecule has 35 heavy (non-hydrogen) atoms. The van der Waals surface area contributed by atoms with Crippen molar-refractivity contribution in [3.05, 3.63) is 59.8 Å². The largest absolute Gasteiger partial charge is 0.474 e. The lowest BCUT2D eigenvalue weighted by Crippen LogP contribution is -2.46. The minimum atomic E-state index is -3.48. The maximum absolute atomic E-state index is 12.4. The molecule has 1 aliphatic rings. The van der Waals surface area contributed by atoms with Gasteiger partial charge in [0.05, 0.1) is 19.8 Å². The average Bonchev–Trinajstić information content (AvgIpc) is 2.86. The number of phosphoric ester groups is 1. The van der Waals surface area contributed by atoms with Gasteiger partial charge in [-0.3, -0.25) is 23.3 Å². The highest BCUT2D eigenvalue weighted by molar-refractivity contribution is 7.48. The van der Waals surface area contributed by atoms with Crippen molar-refractivity contribution < 1.29 is 22.9 Å². The number of piperazine rings is 1. The molecule has 0 unspecified atom stereocenters. The molecule has 1 saturated heterocycles. The Morgan fingerprint density at radius 2 is 1.74 bits per heavy atom. The van der Waals surface area contributed by atoms with Crippen LogP contribution in [0.1, 0.15) is 33.3 Å². The second-order valence-corrected chi connectivity index (χ2v) is 9.61. The van der Waals surface area contributed by atoms with E-state index in [9.17, 15) is 9.36 Å². The first-order valence-electron chi connectivity index (χ1n) is 12.3. The van der Waals surface area contributed by atoms with Crippen molar-refractivity contribution >= 4 is 25.4 Å². The van der Waals surface area contributed by atoms with Crippen LogP contribution in [0.2, 0.25) is 0 Å². The van der Waals surface area contributed by atoms with Crippen molar-refractivity contribution in [2.45, 2.75) is 27.7 Å². The summed E-state index contributed by atoms with van der Waals surface area (Å²) >= 11 is 0. The third-order valence-electron chi connectivity index (χ3n) is 5.65. The van der Waals surface area contributed by atoms with E-state index in [1.54, 1.807) is 13.8 Å². The summed E-state index contributed by atoms with van der Waals surface area (Å²) in [6.07, 6.45) is 8.95. The van der Waals surface area contributed by atoms with Crippen molar-refractivity contribution in [2.75, 3.05) is 64.4 Å². The quantitative estimate of drug-likeness (QED) is 0.155. The third-order valence-corrected chi connectivity index (χ3v) is 7.30. The minimum Gasteiger partial charge on any atom is -0.381 e. The highest BCUT2D eigenvalue weighted by atomic mass is 31.2. The van der Waals surface area contributed by atoms with Crippen LogP contribution in [0.5, 0.6) is 0 Å². The second-order valence-electron chi connectivity index (χ2n) is 7.94. The number of hydrogen-bond donors (Lipinski definition) is 1. The van der Waals surface area contributed by atoms with E-state index in [1.165, 1.54) is 0 Å². The molecule has 1 N–H and O–H groups in total. The molecule has 9 heteroatoms. The molecule has 0 aliphatic carbocycles. The first kappa shape index (κ1) is 29.0. The van der Waals surface area contributed by atoms with E-state index in [1.807, 2.05) is 62.4 Å². The molecule has 0 atom stereocenters. The summed E-state index contributed by atoms with van der Waals surface area (Å²) in [5.74, 6) is 0. The predicted octanol–water partition coefficient (Wildman–Crippen LogP) is 4.98. The summed E-state index contributed by atoms with van der Waals surface area (Å²) in [7, 11) is -3.48. The molecule has 0 aromatic heterocycles. The molecule has 0 saturated carbocycles. The number of aldehydes is 1. The molecule has 8 nitrogen and oxygen atoms in total. The Morgan fingerprint density at radius 3 is 2.37 bits per heavy atom. The smallest absolute Gasteiger partial charge is 0.381 e. The van der Waals surface area contributed by atoms with E-state index in [4.69, 9.17) is 13.6 Å². The average molecular weight is 506 g/mol. The van der Waals surface area contributed by atoms with Crippen molar-refractivity contribution in [2.24, 2.45) is 0 Å². The second kappa shape index (κ2) is 15.7. The lowest BCUT2D eigenvalue weighted by molar-refractivity contribution is -0.103. The first-order valence-corrected chi connectivity index (χ1v) is 13.7. The molecular formula is C26H40N3O5P. The van der Waals surface area contributed by atoms with Gasteiger partial charge in [0.25, 0.3) is 0 Å². The molecule has 1 aromatic carbocycles. The van der Waals surface area contributed by atoms with Gasteiger partial charge in [0.1, 0.15) is 0 Å². The number of benzene rings is 1. The maximum Gasteiger partial charge on any atom is 0.474 e. The number of carbonyl (C=O) groups excluding carboxylic acids is 1. The highest BCUT2D eigenvalue weighted by Gasteiger charge is 2.26. The fraction of sp³-hybridized carbons (Fsp3) is 0.500. The molecule has 0 radical (unpaired) electrons. The van der Waals surface area contributed by atoms with E-state index in [0.717, 1.165) is 49.4 Å². The Labute approximate surface area is 210 Å². The van der Waals surface area contributed by atoms with E-state index >= 15 is 0 Å². The van der Waals surface area contributed by atoms with Gasteiger partial charge >= 0.3 is 7.82 Å². The molecule has 1 aliphatic heterocycles. The summed E-state index contributed by atoms with van der Waals surface area (Å²) in [6.45, 7) is 12.8. The normalized spacial score (nSPS) is 16.2. The lowest BCUT2D eigenvalue weighted by Gasteiger charge is -2.37. The zero-order chi connectivity index (χ0) is 25.5. The monoisotopic (exact) mass is 505 g/mol. The van der Waals surface area contributed by atoms with Crippen LogP contribution in [0.25, 0.3) is 5.57 Å². The topological polar surface area (TPSA) is 80.3 Å². The Balaban J connectivity index is 1.98. The van der Waals surface area contributed by atoms with Crippen LogP contribution >= 0.6 is 7.82 Å². The van der Waals surface area contributed by atoms with Gasteiger partial charge in [-0.1, -0.05) is 42.5 Å². The van der Waals surface area contributed by atoms with Crippen molar-refractivity contribution in [1.29, 1.82) is 0 Å². The van der Waals surface area contributed by atoms with Gasteiger partial charge in [-0.05, 0) is 33.8 Å². The fourth-order valence-electron chi connectivity index (χ4n) is 3.83. The van der Waals surface area contributed by atoms with Gasteiger partial charge in [-0.15, -0.1) is 0 Å². The van der Waals surface area contributed by atoms with Gasteiger partial charge < -0.3 is 10.2 Å². The molecular weight excluding hydrogens is 465 g/mol. The van der Waals surface area contributed by atoms with Gasteiger partial charge in [0, 0.05) is 61.8 Å². The van der Waals surface area contributed by atoms with Crippen molar-refractivity contribution in [3.8, 4) is 0 Å². The van der Waals surface area contributed by atoms with E-state index in [0.29, 0.717) is 18.7 Å². The van der Waals surface area contributed by atoms with Crippen LogP contribution in [-0.2, 0) is 22.9 Å². The summed E-state index contributed by atoms with van der Waals surface area (Å²) in [6, 6.07) is 7.90. The van der Waals surface area contributed by atoms with E-state index in [2.05, 4.69) is 15.1 Å². The fourth-order valence-corrected chi connectivity index (χ4v) is 4.99. The SMILES string of the molecule is C/C=C\C=C/CNc1ccccc1/C(C=O)=C(\C)N1CCN(CCOP(=O)(OCC)OCC)CC1. The van der Waals surface area contributed by atoms with Crippen LogP contribution in [0.3, 0.4) is 0 Å². The van der Waals surface area contributed by atoms with Gasteiger partial charge in [0.15, 0.2) is 6.29 Å². The molecule has 1 heterocycles. The maximum atomic E-state index is 12.4. The number of carbonyl (C=O) groups is 1. The summed E-state index contributed by atoms with van der Waals surface area (Å²) in [5, 5.41) is 3.41.